The minimum atomic E-state index is -0.753. The second-order valence-electron chi connectivity index (χ2n) is 10.8. The summed E-state index contributed by atoms with van der Waals surface area (Å²) < 4.78 is 5.18. The van der Waals surface area contributed by atoms with E-state index in [2.05, 4.69) is 13.8 Å². The summed E-state index contributed by atoms with van der Waals surface area (Å²) in [7, 11) is 0. The van der Waals surface area contributed by atoms with Gasteiger partial charge in [-0.1, -0.05) is 13.8 Å². The number of carbonyl (C=O) groups excluding carboxylic acids is 1. The molecule has 4 aliphatic carbocycles. The van der Waals surface area contributed by atoms with Crippen molar-refractivity contribution in [2.24, 2.45) is 34.5 Å². The van der Waals surface area contributed by atoms with E-state index in [-0.39, 0.29) is 28.6 Å². The van der Waals surface area contributed by atoms with E-state index in [4.69, 9.17) is 4.74 Å². The van der Waals surface area contributed by atoms with Crippen molar-refractivity contribution in [3.05, 3.63) is 11.6 Å². The van der Waals surface area contributed by atoms with Gasteiger partial charge in [-0.25, -0.2) is 4.79 Å². The SMILES string of the molecule is C[C@@]12C3CC[C@]4(C)[C@@H](C5=CC(=O)OC5)CC[C@]4(O)C3CC[C@@H]1C[C@@H](O)C[C@H]2O. The maximum atomic E-state index is 12.1. The van der Waals surface area contributed by atoms with Gasteiger partial charge in [-0.05, 0) is 86.0 Å². The second-order valence-corrected chi connectivity index (χ2v) is 10.8. The lowest BCUT2D eigenvalue weighted by atomic mass is 9.42. The molecule has 2 unspecified atom stereocenters. The predicted octanol–water partition coefficient (Wildman–Crippen LogP) is 2.58. The summed E-state index contributed by atoms with van der Waals surface area (Å²) >= 11 is 0. The molecule has 5 nitrogen and oxygen atoms in total. The number of cyclic esters (lactones) is 1. The van der Waals surface area contributed by atoms with E-state index in [1.807, 2.05) is 0 Å². The molecule has 3 N–H and O–H groups in total. The van der Waals surface area contributed by atoms with Crippen LogP contribution < -0.4 is 0 Å². The Morgan fingerprint density at radius 3 is 2.54 bits per heavy atom. The maximum Gasteiger partial charge on any atom is 0.331 e. The summed E-state index contributed by atoms with van der Waals surface area (Å²) in [4.78, 5) is 11.6. The first kappa shape index (κ1) is 19.1. The normalized spacial score (nSPS) is 55.8. The quantitative estimate of drug-likeness (QED) is 0.599. The van der Waals surface area contributed by atoms with Crippen LogP contribution in [0, 0.1) is 34.5 Å². The molecule has 5 heteroatoms. The molecule has 0 amide bonds. The Bertz CT molecular complexity index is 718. The van der Waals surface area contributed by atoms with Gasteiger partial charge in [-0.2, -0.15) is 0 Å². The molecule has 5 aliphatic rings. The number of aliphatic hydroxyl groups is 3. The summed E-state index contributed by atoms with van der Waals surface area (Å²) in [5.74, 6) is 0.761. The molecule has 0 bridgehead atoms. The third-order valence-corrected chi connectivity index (χ3v) is 10.1. The van der Waals surface area contributed by atoms with Crippen molar-refractivity contribution >= 4 is 5.97 Å². The lowest BCUT2D eigenvalue weighted by molar-refractivity contribution is -0.231. The predicted molar refractivity (Wildman–Crippen MR) is 103 cm³/mol. The van der Waals surface area contributed by atoms with Crippen LogP contribution in [-0.4, -0.2) is 45.7 Å². The highest BCUT2D eigenvalue weighted by atomic mass is 16.5. The standard InChI is InChI=1S/C23H34O5/c1-21-7-5-17-18(4-3-14-10-15(24)11-19(25)22(14,17)2)23(21,27)8-6-16(21)13-9-20(26)28-12-13/h9,14-19,24-25,27H,3-8,10-12H2,1-2H3/t14-,15-,16-,17?,18?,19-,21-,22+,23+/m1/s1. The average molecular weight is 391 g/mol. The molecule has 1 aliphatic heterocycles. The number of fused-ring (bicyclic) bond motifs is 5. The molecular formula is C23H34O5. The van der Waals surface area contributed by atoms with E-state index in [1.165, 1.54) is 0 Å². The van der Waals surface area contributed by atoms with Crippen LogP contribution in [-0.2, 0) is 9.53 Å². The Hall–Kier alpha value is -0.910. The Balaban J connectivity index is 1.49. The molecule has 0 aromatic rings. The van der Waals surface area contributed by atoms with Gasteiger partial charge in [0.25, 0.3) is 0 Å². The van der Waals surface area contributed by atoms with Gasteiger partial charge in [0.2, 0.25) is 0 Å². The van der Waals surface area contributed by atoms with E-state index >= 15 is 0 Å². The number of ether oxygens (including phenoxy) is 1. The van der Waals surface area contributed by atoms with Crippen molar-refractivity contribution in [2.45, 2.75) is 83.0 Å². The molecule has 0 spiro atoms. The molecule has 28 heavy (non-hydrogen) atoms. The van der Waals surface area contributed by atoms with Crippen molar-refractivity contribution in [1.82, 2.24) is 0 Å². The first-order chi connectivity index (χ1) is 13.2. The van der Waals surface area contributed by atoms with Crippen LogP contribution in [0.1, 0.15) is 65.2 Å². The third-order valence-electron chi connectivity index (χ3n) is 10.1. The van der Waals surface area contributed by atoms with Gasteiger partial charge >= 0.3 is 5.97 Å². The summed E-state index contributed by atoms with van der Waals surface area (Å²) in [6.45, 7) is 4.81. The van der Waals surface area contributed by atoms with Crippen LogP contribution in [0.25, 0.3) is 0 Å². The van der Waals surface area contributed by atoms with Crippen molar-refractivity contribution < 1.29 is 24.9 Å². The molecule has 4 saturated carbocycles. The Morgan fingerprint density at radius 2 is 1.82 bits per heavy atom. The number of carbonyl (C=O) groups is 1. The fraction of sp³-hybridized carbons (Fsp3) is 0.870. The molecular weight excluding hydrogens is 356 g/mol. The molecule has 1 heterocycles. The summed E-state index contributed by atoms with van der Waals surface area (Å²) in [6, 6.07) is 0. The minimum Gasteiger partial charge on any atom is -0.458 e. The molecule has 156 valence electrons. The number of hydrogen-bond donors (Lipinski definition) is 3. The molecule has 0 saturated heterocycles. The fourth-order valence-electron chi connectivity index (χ4n) is 8.45. The van der Waals surface area contributed by atoms with E-state index in [0.29, 0.717) is 24.9 Å². The lowest BCUT2D eigenvalue weighted by Crippen LogP contribution is -2.65. The zero-order valence-electron chi connectivity index (χ0n) is 17.1. The maximum absolute atomic E-state index is 12.1. The van der Waals surface area contributed by atoms with Crippen molar-refractivity contribution in [1.29, 1.82) is 0 Å². The third kappa shape index (κ3) is 2.27. The van der Waals surface area contributed by atoms with Crippen molar-refractivity contribution in [3.8, 4) is 0 Å². The van der Waals surface area contributed by atoms with E-state index in [9.17, 15) is 20.1 Å². The van der Waals surface area contributed by atoms with Gasteiger partial charge in [-0.15, -0.1) is 0 Å². The zero-order valence-corrected chi connectivity index (χ0v) is 17.1. The molecule has 0 radical (unpaired) electrons. The van der Waals surface area contributed by atoms with Crippen molar-refractivity contribution in [3.63, 3.8) is 0 Å². The number of rotatable bonds is 1. The smallest absolute Gasteiger partial charge is 0.331 e. The summed E-state index contributed by atoms with van der Waals surface area (Å²) in [6.07, 6.45) is 7.52. The van der Waals surface area contributed by atoms with Crippen LogP contribution in [0.5, 0.6) is 0 Å². The number of esters is 1. The van der Waals surface area contributed by atoms with Crippen LogP contribution >= 0.6 is 0 Å². The summed E-state index contributed by atoms with van der Waals surface area (Å²) in [5, 5.41) is 33.3. The van der Waals surface area contributed by atoms with Gasteiger partial charge < -0.3 is 20.1 Å². The van der Waals surface area contributed by atoms with Gasteiger partial charge in [0.15, 0.2) is 0 Å². The first-order valence-electron chi connectivity index (χ1n) is 11.2. The van der Waals surface area contributed by atoms with Gasteiger partial charge in [0, 0.05) is 11.5 Å². The molecule has 4 fully saturated rings. The number of aliphatic hydroxyl groups excluding tert-OH is 2. The van der Waals surface area contributed by atoms with Crippen LogP contribution in [0.3, 0.4) is 0 Å². The van der Waals surface area contributed by atoms with Gasteiger partial charge in [-0.3, -0.25) is 0 Å². The highest BCUT2D eigenvalue weighted by molar-refractivity contribution is 5.85. The Labute approximate surface area is 167 Å². The van der Waals surface area contributed by atoms with Crippen LogP contribution in [0.2, 0.25) is 0 Å². The second kappa shape index (κ2) is 6.05. The van der Waals surface area contributed by atoms with Crippen LogP contribution in [0.15, 0.2) is 11.6 Å². The monoisotopic (exact) mass is 390 g/mol. The largest absolute Gasteiger partial charge is 0.458 e. The van der Waals surface area contributed by atoms with E-state index < -0.39 is 17.8 Å². The molecule has 0 aromatic heterocycles. The Morgan fingerprint density at radius 1 is 1.04 bits per heavy atom. The molecule has 9 atom stereocenters. The zero-order chi connectivity index (χ0) is 19.9. The van der Waals surface area contributed by atoms with E-state index in [1.54, 1.807) is 6.08 Å². The number of hydrogen-bond acceptors (Lipinski definition) is 5. The highest BCUT2D eigenvalue weighted by Crippen LogP contribution is 2.69. The van der Waals surface area contributed by atoms with Crippen molar-refractivity contribution in [2.75, 3.05) is 6.61 Å². The minimum absolute atomic E-state index is 0.181. The van der Waals surface area contributed by atoms with Gasteiger partial charge in [0.1, 0.15) is 6.61 Å². The van der Waals surface area contributed by atoms with E-state index in [0.717, 1.165) is 50.5 Å². The lowest BCUT2D eigenvalue weighted by Gasteiger charge is -2.64. The molecule has 0 aromatic carbocycles. The summed E-state index contributed by atoms with van der Waals surface area (Å²) in [5.41, 5.74) is -0.154. The average Bonchev–Trinajstić information content (AvgIpc) is 3.17. The first-order valence-corrected chi connectivity index (χ1v) is 11.2. The fourth-order valence-corrected chi connectivity index (χ4v) is 8.45. The van der Waals surface area contributed by atoms with Crippen LogP contribution in [0.4, 0.5) is 0 Å². The van der Waals surface area contributed by atoms with Gasteiger partial charge in [0.05, 0.1) is 17.8 Å². The molecule has 5 rings (SSSR count). The Kier molecular flexibility index (Phi) is 4.12. The topological polar surface area (TPSA) is 87.0 Å². The highest BCUT2D eigenvalue weighted by Gasteiger charge is 2.68.